The average Bonchev–Trinajstić information content (AvgIpc) is 2.91. The Labute approximate surface area is 134 Å². The van der Waals surface area contributed by atoms with Gasteiger partial charge in [-0.15, -0.1) is 0 Å². The first kappa shape index (κ1) is 14.8. The van der Waals surface area contributed by atoms with Crippen molar-refractivity contribution in [1.29, 1.82) is 0 Å². The van der Waals surface area contributed by atoms with Crippen LogP contribution >= 0.6 is 23.4 Å². The topological polar surface area (TPSA) is 70.7 Å². The second-order valence-corrected chi connectivity index (χ2v) is 5.80. The fourth-order valence-electron chi connectivity index (χ4n) is 1.81. The number of hydrogen-bond acceptors (Lipinski definition) is 4. The number of halogens is 2. The second-order valence-electron chi connectivity index (χ2n) is 4.40. The molecule has 3 aromatic rings. The molecule has 0 unspecified atom stereocenters. The third kappa shape index (κ3) is 3.37. The maximum atomic E-state index is 13.6. The molecule has 2 N–H and O–H groups in total. The molecule has 112 valence electrons. The molecule has 0 saturated heterocycles. The molecular weight excluding hydrogens is 327 g/mol. The molecule has 5 nitrogen and oxygen atoms in total. The molecule has 3 rings (SSSR count). The van der Waals surface area contributed by atoms with E-state index in [0.717, 1.165) is 17.1 Å². The highest BCUT2D eigenvalue weighted by atomic mass is 35.5. The van der Waals surface area contributed by atoms with Crippen molar-refractivity contribution in [2.24, 2.45) is 0 Å². The molecule has 0 bridgehead atoms. The van der Waals surface area contributed by atoms with Gasteiger partial charge >= 0.3 is 0 Å². The molecule has 2 heterocycles. The normalized spacial score (nSPS) is 10.8. The Morgan fingerprint density at radius 3 is 3.05 bits per heavy atom. The number of rotatable bonds is 4. The smallest absolute Gasteiger partial charge is 0.234 e. The van der Waals surface area contributed by atoms with E-state index >= 15 is 0 Å². The number of anilines is 1. The van der Waals surface area contributed by atoms with E-state index in [0.29, 0.717) is 5.16 Å². The van der Waals surface area contributed by atoms with E-state index in [1.807, 2.05) is 0 Å². The summed E-state index contributed by atoms with van der Waals surface area (Å²) in [5.74, 6) is -0.791. The predicted octanol–water partition coefficient (Wildman–Crippen LogP) is 3.48. The van der Waals surface area contributed by atoms with Gasteiger partial charge in [0, 0.05) is 11.2 Å². The fourth-order valence-corrected chi connectivity index (χ4v) is 2.66. The Morgan fingerprint density at radius 2 is 2.27 bits per heavy atom. The van der Waals surface area contributed by atoms with Crippen molar-refractivity contribution in [3.63, 3.8) is 0 Å². The number of fused-ring (bicyclic) bond motifs is 1. The molecule has 0 aliphatic carbocycles. The lowest BCUT2D eigenvalue weighted by Gasteiger charge is -2.05. The quantitative estimate of drug-likeness (QED) is 0.715. The van der Waals surface area contributed by atoms with Crippen molar-refractivity contribution >= 4 is 46.0 Å². The van der Waals surface area contributed by atoms with Gasteiger partial charge in [0.1, 0.15) is 5.82 Å². The number of thioether (sulfide) groups is 1. The molecule has 8 heteroatoms. The molecule has 0 spiro atoms. The number of carbonyl (C=O) groups is 1. The maximum Gasteiger partial charge on any atom is 0.234 e. The molecule has 0 atom stereocenters. The van der Waals surface area contributed by atoms with Crippen LogP contribution in [-0.2, 0) is 4.79 Å². The van der Waals surface area contributed by atoms with E-state index in [1.54, 1.807) is 18.5 Å². The molecule has 0 radical (unpaired) electrons. The van der Waals surface area contributed by atoms with Gasteiger partial charge in [0.25, 0.3) is 0 Å². The first-order valence-corrected chi connectivity index (χ1v) is 7.65. The van der Waals surface area contributed by atoms with Gasteiger partial charge in [0.15, 0.2) is 5.16 Å². The minimum Gasteiger partial charge on any atom is -0.332 e. The summed E-state index contributed by atoms with van der Waals surface area (Å²) in [5, 5.41) is 3.38. The van der Waals surface area contributed by atoms with E-state index < -0.39 is 5.82 Å². The van der Waals surface area contributed by atoms with Gasteiger partial charge in [-0.2, -0.15) is 0 Å². The predicted molar refractivity (Wildman–Crippen MR) is 84.7 cm³/mol. The lowest BCUT2D eigenvalue weighted by atomic mass is 10.3. The Bertz CT molecular complexity index is 806. The zero-order chi connectivity index (χ0) is 15.5. The SMILES string of the molecule is O=C(CSc1nc2ccncc2[nH]1)Nc1ccc(Cl)cc1F. The van der Waals surface area contributed by atoms with Crippen LogP contribution in [0, 0.1) is 5.82 Å². The number of pyridine rings is 1. The van der Waals surface area contributed by atoms with Crippen molar-refractivity contribution in [2.75, 3.05) is 11.1 Å². The van der Waals surface area contributed by atoms with E-state index in [2.05, 4.69) is 20.3 Å². The number of nitrogens with zero attached hydrogens (tertiary/aromatic N) is 2. The van der Waals surface area contributed by atoms with Crippen LogP contribution in [0.4, 0.5) is 10.1 Å². The van der Waals surface area contributed by atoms with Gasteiger partial charge in [-0.05, 0) is 24.3 Å². The molecule has 0 saturated carbocycles. The van der Waals surface area contributed by atoms with Crippen molar-refractivity contribution in [1.82, 2.24) is 15.0 Å². The average molecular weight is 337 g/mol. The summed E-state index contributed by atoms with van der Waals surface area (Å²) in [6.07, 6.45) is 3.31. The lowest BCUT2D eigenvalue weighted by molar-refractivity contribution is -0.113. The zero-order valence-electron chi connectivity index (χ0n) is 11.1. The number of carbonyl (C=O) groups excluding carboxylic acids is 1. The minimum atomic E-state index is -0.569. The highest BCUT2D eigenvalue weighted by molar-refractivity contribution is 7.99. The van der Waals surface area contributed by atoms with E-state index in [9.17, 15) is 9.18 Å². The number of imidazole rings is 1. The Hall–Kier alpha value is -2.12. The Balaban J connectivity index is 1.62. The number of amides is 1. The van der Waals surface area contributed by atoms with Crippen LogP contribution in [0.3, 0.4) is 0 Å². The summed E-state index contributed by atoms with van der Waals surface area (Å²) in [5.41, 5.74) is 1.68. The molecule has 1 amide bonds. The van der Waals surface area contributed by atoms with Crippen LogP contribution in [0.5, 0.6) is 0 Å². The summed E-state index contributed by atoms with van der Waals surface area (Å²) in [6, 6.07) is 5.86. The monoisotopic (exact) mass is 336 g/mol. The molecule has 0 aliphatic heterocycles. The van der Waals surface area contributed by atoms with Crippen LogP contribution < -0.4 is 5.32 Å². The summed E-state index contributed by atoms with van der Waals surface area (Å²) >= 11 is 6.89. The lowest BCUT2D eigenvalue weighted by Crippen LogP contribution is -2.15. The van der Waals surface area contributed by atoms with E-state index in [-0.39, 0.29) is 22.4 Å². The number of aromatic nitrogens is 3. The van der Waals surface area contributed by atoms with Crippen LogP contribution in [0.25, 0.3) is 11.0 Å². The van der Waals surface area contributed by atoms with E-state index in [4.69, 9.17) is 11.6 Å². The van der Waals surface area contributed by atoms with Gasteiger partial charge < -0.3 is 10.3 Å². The first-order chi connectivity index (χ1) is 10.6. The van der Waals surface area contributed by atoms with Gasteiger partial charge in [0.05, 0.1) is 28.7 Å². The molecule has 22 heavy (non-hydrogen) atoms. The van der Waals surface area contributed by atoms with Gasteiger partial charge in [0.2, 0.25) is 5.91 Å². The molecular formula is C14H10ClFN4OS. The van der Waals surface area contributed by atoms with Crippen LogP contribution in [0.2, 0.25) is 5.02 Å². The molecule has 0 aliphatic rings. The Kier molecular flexibility index (Phi) is 4.26. The highest BCUT2D eigenvalue weighted by Crippen LogP contribution is 2.21. The third-order valence-electron chi connectivity index (χ3n) is 2.81. The second kappa shape index (κ2) is 6.33. The van der Waals surface area contributed by atoms with Gasteiger partial charge in [-0.25, -0.2) is 9.37 Å². The van der Waals surface area contributed by atoms with Gasteiger partial charge in [-0.3, -0.25) is 9.78 Å². The Morgan fingerprint density at radius 1 is 1.41 bits per heavy atom. The number of aromatic amines is 1. The van der Waals surface area contributed by atoms with Crippen molar-refractivity contribution in [2.45, 2.75) is 5.16 Å². The number of nitrogens with one attached hydrogen (secondary N) is 2. The van der Waals surface area contributed by atoms with Crippen LogP contribution in [0.15, 0.2) is 41.8 Å². The fraction of sp³-hybridized carbons (Fsp3) is 0.0714. The van der Waals surface area contributed by atoms with Gasteiger partial charge in [-0.1, -0.05) is 23.4 Å². The molecule has 0 fully saturated rings. The third-order valence-corrected chi connectivity index (χ3v) is 3.92. The minimum absolute atomic E-state index is 0.101. The van der Waals surface area contributed by atoms with Crippen molar-refractivity contribution in [3.05, 3.63) is 47.5 Å². The maximum absolute atomic E-state index is 13.6. The van der Waals surface area contributed by atoms with Crippen molar-refractivity contribution in [3.8, 4) is 0 Å². The van der Waals surface area contributed by atoms with E-state index in [1.165, 1.54) is 23.9 Å². The molecule has 2 aromatic heterocycles. The summed E-state index contributed by atoms with van der Waals surface area (Å²) < 4.78 is 13.6. The number of hydrogen-bond donors (Lipinski definition) is 2. The largest absolute Gasteiger partial charge is 0.332 e. The zero-order valence-corrected chi connectivity index (χ0v) is 12.7. The number of H-pyrrole nitrogens is 1. The molecule has 1 aromatic carbocycles. The van der Waals surface area contributed by atoms with Crippen LogP contribution in [0.1, 0.15) is 0 Å². The first-order valence-electron chi connectivity index (χ1n) is 6.29. The summed E-state index contributed by atoms with van der Waals surface area (Å²) in [4.78, 5) is 23.2. The van der Waals surface area contributed by atoms with Crippen molar-refractivity contribution < 1.29 is 9.18 Å². The summed E-state index contributed by atoms with van der Waals surface area (Å²) in [7, 11) is 0. The highest BCUT2D eigenvalue weighted by Gasteiger charge is 2.10. The van der Waals surface area contributed by atoms with Crippen LogP contribution in [-0.4, -0.2) is 26.6 Å². The standard InChI is InChI=1S/C14H10ClFN4OS/c15-8-1-2-10(9(16)5-8)18-13(21)7-22-14-19-11-3-4-17-6-12(11)20-14/h1-6H,7H2,(H,18,21)(H,19,20). The summed E-state index contributed by atoms with van der Waals surface area (Å²) in [6.45, 7) is 0. The number of benzene rings is 1.